The van der Waals surface area contributed by atoms with Crippen molar-refractivity contribution >= 4 is 11.8 Å². The second-order valence-corrected chi connectivity index (χ2v) is 4.19. The van der Waals surface area contributed by atoms with Gasteiger partial charge in [0.15, 0.2) is 0 Å². The Hall–Kier alpha value is -2.86. The summed E-state index contributed by atoms with van der Waals surface area (Å²) in [4.78, 5) is 23.3. The molecule has 1 heterocycles. The molecule has 2 amide bonds. The molecule has 1 fully saturated rings. The van der Waals surface area contributed by atoms with Crippen LogP contribution in [0.25, 0.3) is 0 Å². The molecule has 2 rings (SSSR count). The Morgan fingerprint density at radius 2 is 1.68 bits per heavy atom. The van der Waals surface area contributed by atoms with E-state index < -0.39 is 29.6 Å². The summed E-state index contributed by atoms with van der Waals surface area (Å²) in [5, 5.41) is 29.6. The maximum atomic E-state index is 11.6. The Morgan fingerprint density at radius 3 is 2.16 bits per heavy atom. The molecule has 0 aliphatic carbocycles. The summed E-state index contributed by atoms with van der Waals surface area (Å²) in [7, 11) is 0. The van der Waals surface area contributed by atoms with E-state index in [9.17, 15) is 14.7 Å². The van der Waals surface area contributed by atoms with Gasteiger partial charge in [0, 0.05) is 5.92 Å². The Morgan fingerprint density at radius 1 is 1.11 bits per heavy atom. The van der Waals surface area contributed by atoms with Gasteiger partial charge in [-0.3, -0.25) is 14.9 Å². The second-order valence-electron chi connectivity index (χ2n) is 4.19. The van der Waals surface area contributed by atoms with Crippen LogP contribution in [0.15, 0.2) is 24.3 Å². The first kappa shape index (κ1) is 12.6. The lowest BCUT2D eigenvalue weighted by Crippen LogP contribution is -2.49. The van der Waals surface area contributed by atoms with Gasteiger partial charge in [-0.2, -0.15) is 10.5 Å². The lowest BCUT2D eigenvalue weighted by Gasteiger charge is -2.29. The molecule has 0 saturated carbocycles. The lowest BCUT2D eigenvalue weighted by molar-refractivity contribution is -0.137. The van der Waals surface area contributed by atoms with Crippen LogP contribution >= 0.6 is 0 Å². The van der Waals surface area contributed by atoms with Crippen LogP contribution in [0.1, 0.15) is 11.5 Å². The number of imide groups is 1. The molecule has 0 aromatic heterocycles. The number of hydrogen-bond donors (Lipinski definition) is 2. The van der Waals surface area contributed by atoms with Crippen LogP contribution in [-0.2, 0) is 9.59 Å². The predicted molar refractivity (Wildman–Crippen MR) is 62.2 cm³/mol. The summed E-state index contributed by atoms with van der Waals surface area (Å²) in [5.41, 5.74) is 0.418. The number of amides is 2. The Balaban J connectivity index is 2.53. The minimum absolute atomic E-state index is 0.0516. The van der Waals surface area contributed by atoms with Gasteiger partial charge in [-0.25, -0.2) is 0 Å². The van der Waals surface area contributed by atoms with E-state index in [2.05, 4.69) is 0 Å². The quantitative estimate of drug-likeness (QED) is 0.705. The zero-order chi connectivity index (χ0) is 14.0. The van der Waals surface area contributed by atoms with Gasteiger partial charge in [0.2, 0.25) is 11.8 Å². The molecule has 6 nitrogen and oxygen atoms in total. The molecule has 1 aromatic carbocycles. The first-order valence-electron chi connectivity index (χ1n) is 5.51. The monoisotopic (exact) mass is 255 g/mol. The van der Waals surface area contributed by atoms with E-state index in [0.717, 1.165) is 0 Å². The summed E-state index contributed by atoms with van der Waals surface area (Å²) in [6.45, 7) is 0. The maximum Gasteiger partial charge on any atom is 0.244 e. The Bertz CT molecular complexity index is 595. The third-order valence-electron chi connectivity index (χ3n) is 3.06. The molecular weight excluding hydrogens is 246 g/mol. The van der Waals surface area contributed by atoms with Crippen molar-refractivity contribution in [2.75, 3.05) is 0 Å². The minimum atomic E-state index is -1.14. The number of carbonyl (C=O) groups is 2. The normalized spacial score (nSPS) is 26.1. The average molecular weight is 255 g/mol. The van der Waals surface area contributed by atoms with Crippen molar-refractivity contribution < 1.29 is 14.7 Å². The molecular formula is C13H9N3O3. The SMILES string of the molecule is N#CC1C(=O)NC(=O)C(C#N)C1c1cccc(O)c1. The number of carbonyl (C=O) groups excluding carboxylic acids is 2. The topological polar surface area (TPSA) is 114 Å². The maximum absolute atomic E-state index is 11.6. The number of phenolic OH excluding ortho intramolecular Hbond substituents is 1. The minimum Gasteiger partial charge on any atom is -0.508 e. The van der Waals surface area contributed by atoms with Gasteiger partial charge in [0.1, 0.15) is 17.6 Å². The average Bonchev–Trinajstić information content (AvgIpc) is 2.38. The van der Waals surface area contributed by atoms with Crippen LogP contribution in [0.3, 0.4) is 0 Å². The first-order chi connectivity index (χ1) is 9.08. The Kier molecular flexibility index (Phi) is 3.17. The van der Waals surface area contributed by atoms with Crippen molar-refractivity contribution in [2.24, 2.45) is 11.8 Å². The highest BCUT2D eigenvalue weighted by molar-refractivity contribution is 6.03. The van der Waals surface area contributed by atoms with E-state index >= 15 is 0 Å². The van der Waals surface area contributed by atoms with Gasteiger partial charge < -0.3 is 5.11 Å². The van der Waals surface area contributed by atoms with Gasteiger partial charge in [-0.15, -0.1) is 0 Å². The lowest BCUT2D eigenvalue weighted by atomic mass is 9.74. The highest BCUT2D eigenvalue weighted by Gasteiger charge is 2.45. The molecule has 19 heavy (non-hydrogen) atoms. The number of phenols is 1. The number of hydrogen-bond acceptors (Lipinski definition) is 5. The summed E-state index contributed by atoms with van der Waals surface area (Å²) >= 11 is 0. The van der Waals surface area contributed by atoms with Crippen LogP contribution in [0.5, 0.6) is 5.75 Å². The van der Waals surface area contributed by atoms with Crippen molar-refractivity contribution in [3.63, 3.8) is 0 Å². The number of nitrogens with one attached hydrogen (secondary N) is 1. The largest absolute Gasteiger partial charge is 0.508 e. The summed E-state index contributed by atoms with van der Waals surface area (Å²) < 4.78 is 0. The summed E-state index contributed by atoms with van der Waals surface area (Å²) in [5.74, 6) is -4.62. The fourth-order valence-electron chi connectivity index (χ4n) is 2.19. The van der Waals surface area contributed by atoms with Crippen molar-refractivity contribution in [2.45, 2.75) is 5.92 Å². The van der Waals surface area contributed by atoms with E-state index in [1.54, 1.807) is 6.07 Å². The third-order valence-corrected chi connectivity index (χ3v) is 3.06. The number of nitriles is 2. The smallest absolute Gasteiger partial charge is 0.244 e. The molecule has 1 aliphatic heterocycles. The van der Waals surface area contributed by atoms with Gasteiger partial charge >= 0.3 is 0 Å². The van der Waals surface area contributed by atoms with Crippen LogP contribution in [0.4, 0.5) is 0 Å². The number of piperidine rings is 1. The molecule has 1 saturated heterocycles. The van der Waals surface area contributed by atoms with Gasteiger partial charge in [0.05, 0.1) is 12.1 Å². The Labute approximate surface area is 108 Å². The molecule has 6 heteroatoms. The summed E-state index contributed by atoms with van der Waals surface area (Å²) in [6, 6.07) is 9.51. The van der Waals surface area contributed by atoms with Crippen LogP contribution in [0.2, 0.25) is 0 Å². The van der Waals surface area contributed by atoms with Gasteiger partial charge in [-0.05, 0) is 17.7 Å². The standard InChI is InChI=1S/C13H9N3O3/c14-5-9-11(7-2-1-3-8(17)4-7)10(6-15)13(19)16-12(9)18/h1-4,9-11,17H,(H,16,18,19). The van der Waals surface area contributed by atoms with Crippen LogP contribution in [0, 0.1) is 34.5 Å². The highest BCUT2D eigenvalue weighted by atomic mass is 16.3. The summed E-state index contributed by atoms with van der Waals surface area (Å²) in [6.07, 6.45) is 0. The first-order valence-corrected chi connectivity index (χ1v) is 5.51. The van der Waals surface area contributed by atoms with Crippen molar-refractivity contribution in [1.29, 1.82) is 10.5 Å². The van der Waals surface area contributed by atoms with Crippen molar-refractivity contribution in [3.05, 3.63) is 29.8 Å². The molecule has 94 valence electrons. The van der Waals surface area contributed by atoms with Gasteiger partial charge in [-0.1, -0.05) is 12.1 Å². The molecule has 2 unspecified atom stereocenters. The highest BCUT2D eigenvalue weighted by Crippen LogP contribution is 2.36. The third kappa shape index (κ3) is 2.12. The number of benzene rings is 1. The fourth-order valence-corrected chi connectivity index (χ4v) is 2.19. The predicted octanol–water partition coefficient (Wildman–Crippen LogP) is 0.412. The van der Waals surface area contributed by atoms with Crippen LogP contribution < -0.4 is 5.32 Å². The molecule has 2 atom stereocenters. The number of nitrogens with zero attached hydrogens (tertiary/aromatic N) is 2. The van der Waals surface area contributed by atoms with Crippen LogP contribution in [-0.4, -0.2) is 16.9 Å². The fraction of sp³-hybridized carbons (Fsp3) is 0.231. The second kappa shape index (κ2) is 4.79. The molecule has 0 radical (unpaired) electrons. The van der Waals surface area contributed by atoms with E-state index in [-0.39, 0.29) is 5.75 Å². The van der Waals surface area contributed by atoms with E-state index in [4.69, 9.17) is 10.5 Å². The van der Waals surface area contributed by atoms with Crippen molar-refractivity contribution in [1.82, 2.24) is 5.32 Å². The zero-order valence-corrected chi connectivity index (χ0v) is 9.70. The number of rotatable bonds is 1. The van der Waals surface area contributed by atoms with Crippen molar-refractivity contribution in [3.8, 4) is 17.9 Å². The van der Waals surface area contributed by atoms with E-state index in [0.29, 0.717) is 5.56 Å². The molecule has 1 aromatic rings. The molecule has 0 spiro atoms. The molecule has 2 N–H and O–H groups in total. The molecule has 1 aliphatic rings. The zero-order valence-electron chi connectivity index (χ0n) is 9.70. The molecule has 0 bridgehead atoms. The number of aromatic hydroxyl groups is 1. The van der Waals surface area contributed by atoms with E-state index in [1.807, 2.05) is 17.5 Å². The van der Waals surface area contributed by atoms with E-state index in [1.165, 1.54) is 18.2 Å². The van der Waals surface area contributed by atoms with Gasteiger partial charge in [0.25, 0.3) is 0 Å².